The van der Waals surface area contributed by atoms with Crippen LogP contribution in [0.2, 0.25) is 0 Å². The van der Waals surface area contributed by atoms with E-state index in [-0.39, 0.29) is 18.4 Å². The second-order valence-corrected chi connectivity index (χ2v) is 7.79. The molecule has 1 fully saturated rings. The number of ether oxygens (including phenoxy) is 2. The topological polar surface area (TPSA) is 88.6 Å². The van der Waals surface area contributed by atoms with Crippen LogP contribution in [0.3, 0.4) is 0 Å². The molecule has 4 rings (SSSR count). The lowest BCUT2D eigenvalue weighted by Crippen LogP contribution is -2.34. The minimum Gasteiger partial charge on any atom is -0.467 e. The molecule has 2 aromatic rings. The van der Waals surface area contributed by atoms with Crippen molar-refractivity contribution in [1.82, 2.24) is 9.88 Å². The van der Waals surface area contributed by atoms with Crippen molar-refractivity contribution in [3.63, 3.8) is 0 Å². The fraction of sp³-hybridized carbons (Fsp3) is 0.476. The third kappa shape index (κ3) is 3.48. The number of nitrogens with zero attached hydrogens (tertiary/aromatic N) is 3. The van der Waals surface area contributed by atoms with Crippen LogP contribution in [0.5, 0.6) is 5.88 Å². The van der Waals surface area contributed by atoms with Gasteiger partial charge in [0, 0.05) is 25.1 Å². The summed E-state index contributed by atoms with van der Waals surface area (Å²) in [7, 11) is 0. The first kappa shape index (κ1) is 18.5. The number of aromatic nitrogens is 1. The summed E-state index contributed by atoms with van der Waals surface area (Å²) in [5.41, 5.74) is 2.25. The Bertz CT molecular complexity index is 922. The van der Waals surface area contributed by atoms with E-state index >= 15 is 0 Å². The Balaban J connectivity index is 1.72. The van der Waals surface area contributed by atoms with Crippen molar-refractivity contribution in [2.45, 2.75) is 45.3 Å². The maximum absolute atomic E-state index is 12.4. The molecule has 4 heterocycles. The van der Waals surface area contributed by atoms with Crippen molar-refractivity contribution in [1.29, 1.82) is 5.26 Å². The fourth-order valence-corrected chi connectivity index (χ4v) is 3.77. The van der Waals surface area contributed by atoms with Crippen molar-refractivity contribution < 1.29 is 18.7 Å². The molecule has 2 aromatic heterocycles. The van der Waals surface area contributed by atoms with E-state index < -0.39 is 5.60 Å². The van der Waals surface area contributed by atoms with Gasteiger partial charge in [-0.3, -0.25) is 4.79 Å². The average molecular weight is 381 g/mol. The number of furan rings is 1. The molecule has 2 aliphatic rings. The Kier molecular flexibility index (Phi) is 4.82. The lowest BCUT2D eigenvalue weighted by molar-refractivity contribution is -0.132. The van der Waals surface area contributed by atoms with Crippen LogP contribution in [-0.4, -0.2) is 41.1 Å². The number of amides is 1. The van der Waals surface area contributed by atoms with Crippen molar-refractivity contribution in [3.8, 4) is 23.4 Å². The summed E-state index contributed by atoms with van der Waals surface area (Å²) in [6.45, 7) is 5.70. The third-order valence-electron chi connectivity index (χ3n) is 5.25. The summed E-state index contributed by atoms with van der Waals surface area (Å²) in [6.07, 6.45) is 4.17. The first-order valence-electron chi connectivity index (χ1n) is 9.53. The number of carbonyl (C=O) groups is 1. The molecule has 0 bridgehead atoms. The van der Waals surface area contributed by atoms with Crippen molar-refractivity contribution in [2.75, 3.05) is 19.7 Å². The zero-order valence-electron chi connectivity index (χ0n) is 16.2. The molecule has 2 aliphatic heterocycles. The lowest BCUT2D eigenvalue weighted by Gasteiger charge is -2.33. The van der Waals surface area contributed by atoms with Gasteiger partial charge in [-0.15, -0.1) is 0 Å². The molecule has 1 amide bonds. The van der Waals surface area contributed by atoms with Gasteiger partial charge in [0.05, 0.1) is 18.5 Å². The highest BCUT2D eigenvalue weighted by molar-refractivity contribution is 5.78. The maximum atomic E-state index is 12.4. The summed E-state index contributed by atoms with van der Waals surface area (Å²) in [5.74, 6) is 0.682. The predicted octanol–water partition coefficient (Wildman–Crippen LogP) is 3.07. The first-order chi connectivity index (χ1) is 13.5. The maximum Gasteiger partial charge on any atom is 0.260 e. The Morgan fingerprint density at radius 2 is 2.14 bits per heavy atom. The van der Waals surface area contributed by atoms with Crippen LogP contribution in [-0.2, 0) is 22.6 Å². The van der Waals surface area contributed by atoms with Crippen LogP contribution in [0.15, 0.2) is 22.8 Å². The van der Waals surface area contributed by atoms with Gasteiger partial charge in [-0.05, 0) is 44.4 Å². The number of pyridine rings is 1. The van der Waals surface area contributed by atoms with Gasteiger partial charge in [0.2, 0.25) is 5.88 Å². The Morgan fingerprint density at radius 1 is 1.36 bits per heavy atom. The number of hydrogen-bond donors (Lipinski definition) is 0. The highest BCUT2D eigenvalue weighted by Crippen LogP contribution is 2.38. The molecule has 0 radical (unpaired) electrons. The van der Waals surface area contributed by atoms with Crippen molar-refractivity contribution >= 4 is 5.91 Å². The molecule has 146 valence electrons. The second kappa shape index (κ2) is 7.28. The van der Waals surface area contributed by atoms with Gasteiger partial charge < -0.3 is 18.8 Å². The Morgan fingerprint density at radius 3 is 2.82 bits per heavy atom. The number of fused-ring (bicyclic) bond motifs is 1. The molecule has 7 nitrogen and oxygen atoms in total. The molecule has 0 aliphatic carbocycles. The molecule has 0 unspecified atom stereocenters. The molecule has 1 saturated heterocycles. The van der Waals surface area contributed by atoms with Gasteiger partial charge >= 0.3 is 0 Å². The van der Waals surface area contributed by atoms with E-state index in [4.69, 9.17) is 13.9 Å². The van der Waals surface area contributed by atoms with Gasteiger partial charge in [0.15, 0.2) is 12.4 Å². The summed E-state index contributed by atoms with van der Waals surface area (Å²) in [4.78, 5) is 18.7. The number of nitriles is 1. The van der Waals surface area contributed by atoms with Crippen LogP contribution in [0.25, 0.3) is 11.5 Å². The first-order valence-corrected chi connectivity index (χ1v) is 9.53. The fourth-order valence-electron chi connectivity index (χ4n) is 3.77. The van der Waals surface area contributed by atoms with E-state index in [1.165, 1.54) is 0 Å². The summed E-state index contributed by atoms with van der Waals surface area (Å²) < 4.78 is 17.3. The molecule has 0 spiro atoms. The standard InChI is InChI=1S/C21H23N3O4/c1-21(2)10-14-15(11-22)20(27-13-18(25)24-7-3-4-8-24)23-19(16(14)12-28-21)17-6-5-9-26-17/h5-6,9H,3-4,7-8,10,12-13H2,1-2H3. The predicted molar refractivity (Wildman–Crippen MR) is 101 cm³/mol. The SMILES string of the molecule is CC1(C)Cc2c(C#N)c(OCC(=O)N3CCCC3)nc(-c3ccco3)c2CO1. The van der Waals surface area contributed by atoms with Crippen molar-refractivity contribution in [2.24, 2.45) is 0 Å². The Labute approximate surface area is 163 Å². The van der Waals surface area contributed by atoms with Gasteiger partial charge in [-0.1, -0.05) is 0 Å². The summed E-state index contributed by atoms with van der Waals surface area (Å²) in [6, 6.07) is 5.83. The van der Waals surface area contributed by atoms with Crippen LogP contribution in [0, 0.1) is 11.3 Å². The average Bonchev–Trinajstić information content (AvgIpc) is 3.38. The minimum absolute atomic E-state index is 0.0795. The van der Waals surface area contributed by atoms with Gasteiger partial charge in [-0.25, -0.2) is 4.98 Å². The number of likely N-dealkylation sites (tertiary alicyclic amines) is 1. The molecular weight excluding hydrogens is 358 g/mol. The van der Waals surface area contributed by atoms with Crippen molar-refractivity contribution in [3.05, 3.63) is 35.1 Å². The minimum atomic E-state index is -0.400. The molecule has 0 aromatic carbocycles. The van der Waals surface area contributed by atoms with Gasteiger partial charge in [0.25, 0.3) is 5.91 Å². The zero-order valence-corrected chi connectivity index (χ0v) is 16.2. The Hall–Kier alpha value is -2.85. The van der Waals surface area contributed by atoms with Crippen LogP contribution in [0.4, 0.5) is 0 Å². The molecule has 28 heavy (non-hydrogen) atoms. The highest BCUT2D eigenvalue weighted by atomic mass is 16.5. The number of hydrogen-bond acceptors (Lipinski definition) is 6. The van der Waals surface area contributed by atoms with E-state index in [1.54, 1.807) is 17.2 Å². The number of carbonyl (C=O) groups excluding carboxylic acids is 1. The van der Waals surface area contributed by atoms with Crippen LogP contribution < -0.4 is 4.74 Å². The molecule has 0 saturated carbocycles. The van der Waals surface area contributed by atoms with Gasteiger partial charge in [-0.2, -0.15) is 5.26 Å². The summed E-state index contributed by atoms with van der Waals surface area (Å²) >= 11 is 0. The van der Waals surface area contributed by atoms with E-state index in [0.717, 1.165) is 37.1 Å². The second-order valence-electron chi connectivity index (χ2n) is 7.79. The lowest BCUT2D eigenvalue weighted by atomic mass is 9.88. The van der Waals surface area contributed by atoms with E-state index in [1.807, 2.05) is 19.9 Å². The zero-order chi connectivity index (χ0) is 19.7. The van der Waals surface area contributed by atoms with Gasteiger partial charge in [0.1, 0.15) is 17.3 Å². The molecule has 0 atom stereocenters. The highest BCUT2D eigenvalue weighted by Gasteiger charge is 2.33. The normalized spacial score (nSPS) is 17.8. The molecule has 0 N–H and O–H groups in total. The largest absolute Gasteiger partial charge is 0.467 e. The van der Waals surface area contributed by atoms with Crippen LogP contribution in [0.1, 0.15) is 43.4 Å². The van der Waals surface area contributed by atoms with E-state index in [0.29, 0.717) is 30.0 Å². The summed E-state index contributed by atoms with van der Waals surface area (Å²) in [5, 5.41) is 9.81. The quantitative estimate of drug-likeness (QED) is 0.809. The third-order valence-corrected chi connectivity index (χ3v) is 5.25. The monoisotopic (exact) mass is 381 g/mol. The molecular formula is C21H23N3O4. The number of rotatable bonds is 4. The molecule has 7 heteroatoms. The van der Waals surface area contributed by atoms with E-state index in [9.17, 15) is 10.1 Å². The smallest absolute Gasteiger partial charge is 0.260 e. The van der Waals surface area contributed by atoms with E-state index in [2.05, 4.69) is 11.1 Å². The van der Waals surface area contributed by atoms with Crippen LogP contribution >= 0.6 is 0 Å².